The Morgan fingerprint density at radius 1 is 1.12 bits per heavy atom. The second-order valence-electron chi connectivity index (χ2n) is 7.26. The number of ether oxygens (including phenoxy) is 1. The van der Waals surface area contributed by atoms with Gasteiger partial charge in [0, 0.05) is 35.2 Å². The van der Waals surface area contributed by atoms with Crippen LogP contribution in [0.2, 0.25) is 5.02 Å². The zero-order chi connectivity index (χ0) is 22.8. The number of anilines is 2. The van der Waals surface area contributed by atoms with Gasteiger partial charge in [0.1, 0.15) is 4.88 Å². The summed E-state index contributed by atoms with van der Waals surface area (Å²) in [5.41, 5.74) is 3.60. The number of carbonyl (C=O) groups is 3. The van der Waals surface area contributed by atoms with Crippen LogP contribution in [0.3, 0.4) is 0 Å². The summed E-state index contributed by atoms with van der Waals surface area (Å²) >= 11 is 7.89. The molecule has 4 rings (SSSR count). The van der Waals surface area contributed by atoms with Gasteiger partial charge in [0.15, 0.2) is 0 Å². The highest BCUT2D eigenvalue weighted by Gasteiger charge is 2.30. The van der Waals surface area contributed by atoms with Crippen LogP contribution in [0.25, 0.3) is 10.4 Å². The van der Waals surface area contributed by atoms with Crippen LogP contribution in [0.1, 0.15) is 39.4 Å². The lowest BCUT2D eigenvalue weighted by Gasteiger charge is -2.23. The molecule has 0 atom stereocenters. The summed E-state index contributed by atoms with van der Waals surface area (Å²) in [4.78, 5) is 40.0. The number of nitrogens with one attached hydrogen (secondary N) is 1. The molecule has 0 aliphatic carbocycles. The SMILES string of the molecule is CCOC(=O)c1sc2c(c1Cl)CCN(C(=O)c1ccc(NC(C)=O)cc1)c1ccccc1-2. The molecule has 8 heteroatoms. The highest BCUT2D eigenvalue weighted by Crippen LogP contribution is 2.46. The summed E-state index contributed by atoms with van der Waals surface area (Å²) in [6.45, 7) is 3.88. The molecule has 0 bridgehead atoms. The summed E-state index contributed by atoms with van der Waals surface area (Å²) in [5, 5.41) is 3.09. The molecule has 6 nitrogen and oxygen atoms in total. The van der Waals surface area contributed by atoms with Gasteiger partial charge in [-0.05, 0) is 49.2 Å². The van der Waals surface area contributed by atoms with E-state index in [0.717, 1.165) is 21.7 Å². The quantitative estimate of drug-likeness (QED) is 0.520. The molecule has 2 heterocycles. The lowest BCUT2D eigenvalue weighted by Crippen LogP contribution is -2.32. The Morgan fingerprint density at radius 2 is 1.84 bits per heavy atom. The fourth-order valence-corrected chi connectivity index (χ4v) is 5.33. The number of hydrogen-bond donors (Lipinski definition) is 1. The molecule has 0 spiro atoms. The minimum Gasteiger partial charge on any atom is -0.462 e. The minimum absolute atomic E-state index is 0.149. The normalized spacial score (nSPS) is 12.4. The van der Waals surface area contributed by atoms with Gasteiger partial charge in [-0.2, -0.15) is 0 Å². The van der Waals surface area contributed by atoms with E-state index in [1.54, 1.807) is 36.1 Å². The van der Waals surface area contributed by atoms with E-state index in [1.165, 1.54) is 18.3 Å². The molecule has 1 aromatic heterocycles. The molecule has 0 saturated heterocycles. The molecule has 1 N–H and O–H groups in total. The van der Waals surface area contributed by atoms with Crippen molar-refractivity contribution in [1.82, 2.24) is 0 Å². The predicted molar refractivity (Wildman–Crippen MR) is 127 cm³/mol. The zero-order valence-corrected chi connectivity index (χ0v) is 19.2. The van der Waals surface area contributed by atoms with E-state index in [2.05, 4.69) is 5.32 Å². The van der Waals surface area contributed by atoms with Crippen LogP contribution in [0.4, 0.5) is 11.4 Å². The summed E-state index contributed by atoms with van der Waals surface area (Å²) in [6.07, 6.45) is 0.508. The first-order valence-electron chi connectivity index (χ1n) is 10.2. The topological polar surface area (TPSA) is 75.7 Å². The van der Waals surface area contributed by atoms with Gasteiger partial charge in [-0.3, -0.25) is 9.59 Å². The zero-order valence-electron chi connectivity index (χ0n) is 17.6. The Kier molecular flexibility index (Phi) is 6.30. The van der Waals surface area contributed by atoms with Crippen LogP contribution in [0.5, 0.6) is 0 Å². The number of halogens is 1. The van der Waals surface area contributed by atoms with E-state index in [0.29, 0.717) is 34.1 Å². The van der Waals surface area contributed by atoms with E-state index >= 15 is 0 Å². The third-order valence-electron chi connectivity index (χ3n) is 5.13. The van der Waals surface area contributed by atoms with E-state index in [4.69, 9.17) is 16.3 Å². The maximum absolute atomic E-state index is 13.4. The van der Waals surface area contributed by atoms with Gasteiger partial charge >= 0.3 is 5.97 Å². The average Bonchev–Trinajstić information content (AvgIpc) is 3.01. The number of carbonyl (C=O) groups excluding carboxylic acids is 3. The van der Waals surface area contributed by atoms with Crippen LogP contribution < -0.4 is 10.2 Å². The maximum Gasteiger partial charge on any atom is 0.349 e. The molecule has 2 aromatic carbocycles. The third-order valence-corrected chi connectivity index (χ3v) is 6.90. The molecule has 1 aliphatic rings. The molecular weight excluding hydrogens is 448 g/mol. The summed E-state index contributed by atoms with van der Waals surface area (Å²) in [5.74, 6) is -0.750. The second kappa shape index (κ2) is 9.14. The van der Waals surface area contributed by atoms with Gasteiger partial charge in [-0.1, -0.05) is 29.8 Å². The van der Waals surface area contributed by atoms with Gasteiger partial charge in [0.2, 0.25) is 5.91 Å². The Labute approximate surface area is 194 Å². The van der Waals surface area contributed by atoms with E-state index in [1.807, 2.05) is 24.3 Å². The Balaban J connectivity index is 1.71. The van der Waals surface area contributed by atoms with Crippen molar-refractivity contribution in [3.63, 3.8) is 0 Å². The molecule has 3 aromatic rings. The first-order chi connectivity index (χ1) is 15.4. The standard InChI is InChI=1S/C24H21ClN2O4S/c1-3-31-24(30)22-20(25)18-12-13-27(19-7-5-4-6-17(19)21(18)32-22)23(29)15-8-10-16(11-9-15)26-14(2)28/h4-11H,3,12-13H2,1-2H3,(H,26,28). The lowest BCUT2D eigenvalue weighted by atomic mass is 10.1. The highest BCUT2D eigenvalue weighted by molar-refractivity contribution is 7.18. The maximum atomic E-state index is 13.4. The Hall–Kier alpha value is -3.16. The first-order valence-corrected chi connectivity index (χ1v) is 11.4. The van der Waals surface area contributed by atoms with E-state index in [9.17, 15) is 14.4 Å². The van der Waals surface area contributed by atoms with Crippen molar-refractivity contribution in [2.24, 2.45) is 0 Å². The van der Waals surface area contributed by atoms with E-state index < -0.39 is 5.97 Å². The van der Waals surface area contributed by atoms with Crippen molar-refractivity contribution in [3.8, 4) is 10.4 Å². The van der Waals surface area contributed by atoms with Gasteiger partial charge in [0.05, 0.1) is 17.3 Å². The monoisotopic (exact) mass is 468 g/mol. The van der Waals surface area contributed by atoms with Crippen LogP contribution in [-0.4, -0.2) is 30.9 Å². The van der Waals surface area contributed by atoms with E-state index in [-0.39, 0.29) is 18.4 Å². The number of thiophene rings is 1. The average molecular weight is 469 g/mol. The molecule has 0 fully saturated rings. The molecule has 0 unspecified atom stereocenters. The van der Waals surface area contributed by atoms with Crippen molar-refractivity contribution in [2.75, 3.05) is 23.4 Å². The summed E-state index contributed by atoms with van der Waals surface area (Å²) < 4.78 is 5.15. The van der Waals surface area contributed by atoms with Gasteiger partial charge < -0.3 is 15.0 Å². The van der Waals surface area contributed by atoms with Crippen molar-refractivity contribution in [2.45, 2.75) is 20.3 Å². The van der Waals surface area contributed by atoms with Crippen molar-refractivity contribution in [3.05, 3.63) is 69.6 Å². The fraction of sp³-hybridized carbons (Fsp3) is 0.208. The number of rotatable bonds is 4. The third kappa shape index (κ3) is 4.13. The van der Waals surface area contributed by atoms with Gasteiger partial charge in [-0.25, -0.2) is 4.79 Å². The summed E-state index contributed by atoms with van der Waals surface area (Å²) in [7, 11) is 0. The number of benzene rings is 2. The number of hydrogen-bond acceptors (Lipinski definition) is 5. The second-order valence-corrected chi connectivity index (χ2v) is 8.65. The number of para-hydroxylation sites is 1. The summed E-state index contributed by atoms with van der Waals surface area (Å²) in [6, 6.07) is 14.4. The van der Waals surface area contributed by atoms with Crippen LogP contribution in [0.15, 0.2) is 48.5 Å². The fourth-order valence-electron chi connectivity index (χ4n) is 3.73. The van der Waals surface area contributed by atoms with Crippen molar-refractivity contribution >= 4 is 52.1 Å². The smallest absolute Gasteiger partial charge is 0.349 e. The van der Waals surface area contributed by atoms with Crippen LogP contribution >= 0.6 is 22.9 Å². The van der Waals surface area contributed by atoms with Crippen molar-refractivity contribution in [1.29, 1.82) is 0 Å². The number of amides is 2. The molecular formula is C24H21ClN2O4S. The molecule has 0 radical (unpaired) electrons. The Bertz CT molecular complexity index is 1200. The largest absolute Gasteiger partial charge is 0.462 e. The minimum atomic E-state index is -0.430. The molecule has 164 valence electrons. The first kappa shape index (κ1) is 22.0. The van der Waals surface area contributed by atoms with Crippen LogP contribution in [0, 0.1) is 0 Å². The molecule has 32 heavy (non-hydrogen) atoms. The highest BCUT2D eigenvalue weighted by atomic mass is 35.5. The number of esters is 1. The number of nitrogens with zero attached hydrogens (tertiary/aromatic N) is 1. The Morgan fingerprint density at radius 3 is 2.53 bits per heavy atom. The lowest BCUT2D eigenvalue weighted by molar-refractivity contribution is -0.114. The molecule has 2 amide bonds. The predicted octanol–water partition coefficient (Wildman–Crippen LogP) is 5.41. The van der Waals surface area contributed by atoms with Gasteiger partial charge in [-0.15, -0.1) is 11.3 Å². The van der Waals surface area contributed by atoms with Crippen LogP contribution in [-0.2, 0) is 16.0 Å². The van der Waals surface area contributed by atoms with Crippen molar-refractivity contribution < 1.29 is 19.1 Å². The molecule has 1 aliphatic heterocycles. The van der Waals surface area contributed by atoms with Gasteiger partial charge in [0.25, 0.3) is 5.91 Å². The molecule has 0 saturated carbocycles. The number of fused-ring (bicyclic) bond motifs is 3.